The van der Waals surface area contributed by atoms with Crippen LogP contribution < -0.4 is 0 Å². The number of allylic oxidation sites excluding steroid dienone is 1. The first-order valence-electron chi connectivity index (χ1n) is 11.4. The maximum atomic E-state index is 12.3. The Morgan fingerprint density at radius 1 is 1.17 bits per heavy atom. The molecular weight excluding hydrogens is 360 g/mol. The highest BCUT2D eigenvalue weighted by Gasteiger charge is 2.37. The number of aliphatic imine (C=N–C) groups is 1. The number of carboxylic acids is 1. The quantitative estimate of drug-likeness (QED) is 0.694. The van der Waals surface area contributed by atoms with Crippen molar-refractivity contribution in [2.75, 3.05) is 0 Å². The van der Waals surface area contributed by atoms with E-state index in [2.05, 4.69) is 24.9 Å². The number of aryl methyl sites for hydroxylation is 1. The first-order valence-corrected chi connectivity index (χ1v) is 11.4. The van der Waals surface area contributed by atoms with Gasteiger partial charge >= 0.3 is 5.97 Å². The van der Waals surface area contributed by atoms with Crippen molar-refractivity contribution in [2.45, 2.75) is 90.4 Å². The van der Waals surface area contributed by atoms with E-state index < -0.39 is 11.9 Å². The summed E-state index contributed by atoms with van der Waals surface area (Å²) in [5, 5.41) is 10.1. The van der Waals surface area contributed by atoms with Crippen molar-refractivity contribution in [1.82, 2.24) is 4.98 Å². The van der Waals surface area contributed by atoms with Crippen LogP contribution in [0, 0.1) is 18.8 Å². The highest BCUT2D eigenvalue weighted by molar-refractivity contribution is 5.85. The lowest BCUT2D eigenvalue weighted by molar-refractivity contribution is -0.139. The fourth-order valence-corrected chi connectivity index (χ4v) is 6.03. The minimum Gasteiger partial charge on any atom is -0.481 e. The van der Waals surface area contributed by atoms with Crippen molar-refractivity contribution in [2.24, 2.45) is 16.8 Å². The van der Waals surface area contributed by atoms with Gasteiger partial charge in [0.05, 0.1) is 5.92 Å². The van der Waals surface area contributed by atoms with E-state index >= 15 is 0 Å². The van der Waals surface area contributed by atoms with E-state index in [0.29, 0.717) is 6.42 Å². The fraction of sp³-hybridized carbons (Fsp3) is 0.640. The number of carboxylic acid groups (broad SMARTS) is 1. The lowest BCUT2D eigenvalue weighted by Crippen LogP contribution is -2.32. The molecule has 4 heteroatoms. The van der Waals surface area contributed by atoms with Crippen molar-refractivity contribution in [1.29, 1.82) is 0 Å². The number of pyridine rings is 1. The normalized spacial score (nSPS) is 27.0. The van der Waals surface area contributed by atoms with Crippen LogP contribution in [0.5, 0.6) is 0 Å². The van der Waals surface area contributed by atoms with Crippen LogP contribution in [-0.4, -0.2) is 21.8 Å². The van der Waals surface area contributed by atoms with Gasteiger partial charge in [0, 0.05) is 29.2 Å². The van der Waals surface area contributed by atoms with Gasteiger partial charge in [-0.2, -0.15) is 0 Å². The Kier molecular flexibility index (Phi) is 5.89. The van der Waals surface area contributed by atoms with E-state index in [0.717, 1.165) is 54.5 Å². The molecule has 0 saturated heterocycles. The molecule has 4 nitrogen and oxygen atoms in total. The molecule has 0 aromatic carbocycles. The summed E-state index contributed by atoms with van der Waals surface area (Å²) in [6, 6.07) is 0. The Morgan fingerprint density at radius 3 is 2.55 bits per heavy atom. The molecule has 3 aliphatic rings. The van der Waals surface area contributed by atoms with Crippen LogP contribution in [0.15, 0.2) is 17.3 Å². The lowest BCUT2D eigenvalue weighted by Gasteiger charge is -2.39. The zero-order valence-electron chi connectivity index (χ0n) is 18.1. The summed E-state index contributed by atoms with van der Waals surface area (Å²) in [7, 11) is 0. The Hall–Kier alpha value is -1.97. The molecule has 1 aromatic rings. The van der Waals surface area contributed by atoms with E-state index in [4.69, 9.17) is 4.98 Å². The van der Waals surface area contributed by atoms with Gasteiger partial charge in [-0.25, -0.2) is 0 Å². The van der Waals surface area contributed by atoms with Gasteiger partial charge in [-0.3, -0.25) is 14.8 Å². The second-order valence-electron chi connectivity index (χ2n) is 9.36. The van der Waals surface area contributed by atoms with Crippen LogP contribution in [0.2, 0.25) is 0 Å². The molecular formula is C25H34N2O2. The number of rotatable bonds is 5. The number of nitrogens with zero attached hydrogens (tertiary/aromatic N) is 2. The average Bonchev–Trinajstić information content (AvgIpc) is 2.70. The molecule has 4 unspecified atom stereocenters. The molecule has 0 radical (unpaired) electrons. The number of hydrogen-bond acceptors (Lipinski definition) is 3. The zero-order valence-corrected chi connectivity index (χ0v) is 18.1. The van der Waals surface area contributed by atoms with Crippen LogP contribution in [0.25, 0.3) is 0 Å². The topological polar surface area (TPSA) is 62.5 Å². The summed E-state index contributed by atoms with van der Waals surface area (Å²) < 4.78 is 0. The third kappa shape index (κ3) is 3.91. The number of aliphatic carboxylic acids is 1. The van der Waals surface area contributed by atoms with Crippen molar-refractivity contribution in [3.63, 3.8) is 0 Å². The van der Waals surface area contributed by atoms with Gasteiger partial charge in [0.25, 0.3) is 0 Å². The van der Waals surface area contributed by atoms with Crippen LogP contribution in [0.1, 0.15) is 98.7 Å². The van der Waals surface area contributed by atoms with Crippen molar-refractivity contribution >= 4 is 11.7 Å². The second-order valence-corrected chi connectivity index (χ2v) is 9.36. The smallest absolute Gasteiger partial charge is 0.311 e. The van der Waals surface area contributed by atoms with Gasteiger partial charge < -0.3 is 5.11 Å². The third-order valence-corrected chi connectivity index (χ3v) is 7.37. The maximum absolute atomic E-state index is 12.3. The molecule has 1 N–H and O–H groups in total. The number of hydrogen-bond donors (Lipinski definition) is 1. The van der Waals surface area contributed by atoms with Crippen LogP contribution in [0.4, 0.5) is 0 Å². The summed E-state index contributed by atoms with van der Waals surface area (Å²) in [6.45, 7) is 6.18. The number of aromatic nitrogens is 1. The molecule has 1 saturated carbocycles. The third-order valence-electron chi connectivity index (χ3n) is 7.37. The van der Waals surface area contributed by atoms with Gasteiger partial charge in [-0.05, 0) is 80.9 Å². The fourth-order valence-electron chi connectivity index (χ4n) is 6.03. The highest BCUT2D eigenvalue weighted by Crippen LogP contribution is 2.45. The van der Waals surface area contributed by atoms with Gasteiger partial charge in [-0.15, -0.1) is 0 Å². The van der Waals surface area contributed by atoms with E-state index in [9.17, 15) is 9.90 Å². The minimum atomic E-state index is -0.713. The molecule has 4 atom stereocenters. The number of fused-ring (bicyclic) bond motifs is 2. The zero-order chi connectivity index (χ0) is 20.5. The molecule has 1 aromatic heterocycles. The second kappa shape index (κ2) is 8.41. The lowest BCUT2D eigenvalue weighted by atomic mass is 9.67. The molecule has 0 spiro atoms. The van der Waals surface area contributed by atoms with Crippen molar-refractivity contribution in [3.05, 3.63) is 40.4 Å². The Labute approximate surface area is 174 Å². The molecule has 0 amide bonds. The Balaban J connectivity index is 1.88. The van der Waals surface area contributed by atoms with Crippen LogP contribution in [-0.2, 0) is 17.6 Å². The van der Waals surface area contributed by atoms with E-state index in [1.807, 2.05) is 13.1 Å². The molecule has 156 valence electrons. The summed E-state index contributed by atoms with van der Waals surface area (Å²) >= 11 is 0. The number of carbonyl (C=O) groups is 1. The largest absolute Gasteiger partial charge is 0.481 e. The van der Waals surface area contributed by atoms with Gasteiger partial charge in [0.15, 0.2) is 0 Å². The van der Waals surface area contributed by atoms with Gasteiger partial charge in [-0.1, -0.05) is 32.3 Å². The predicted octanol–water partition coefficient (Wildman–Crippen LogP) is 5.73. The monoisotopic (exact) mass is 394 g/mol. The molecule has 1 aliphatic heterocycles. The molecule has 2 heterocycles. The molecule has 4 rings (SSSR count). The van der Waals surface area contributed by atoms with E-state index in [1.54, 1.807) is 0 Å². The van der Waals surface area contributed by atoms with Crippen molar-refractivity contribution in [3.8, 4) is 0 Å². The molecule has 1 fully saturated rings. The minimum absolute atomic E-state index is 0.219. The summed E-state index contributed by atoms with van der Waals surface area (Å²) in [6.07, 6.45) is 14.0. The SMILES string of the molecule is CCCC(C(=O)O)c1c(C)nc2c(c1C1C=CN=C(C)C1)CC1CCCCC1C2. The predicted molar refractivity (Wildman–Crippen MR) is 117 cm³/mol. The standard InChI is InChI=1S/C25H34N2O2/c1-4-7-20(25(28)29)23-16(3)27-22-14-18-9-6-5-8-17(18)13-21(22)24(23)19-10-11-26-15(2)12-19/h10-11,17-20H,4-9,12-14H2,1-3H3,(H,28,29). The maximum Gasteiger partial charge on any atom is 0.311 e. The van der Waals surface area contributed by atoms with E-state index in [-0.39, 0.29) is 5.92 Å². The average molecular weight is 395 g/mol. The van der Waals surface area contributed by atoms with Gasteiger partial charge in [0.2, 0.25) is 0 Å². The summed E-state index contributed by atoms with van der Waals surface area (Å²) in [5.74, 6) is 0.540. The molecule has 29 heavy (non-hydrogen) atoms. The summed E-state index contributed by atoms with van der Waals surface area (Å²) in [4.78, 5) is 21.8. The molecule has 2 aliphatic carbocycles. The van der Waals surface area contributed by atoms with Crippen LogP contribution >= 0.6 is 0 Å². The van der Waals surface area contributed by atoms with Crippen molar-refractivity contribution < 1.29 is 9.90 Å². The first kappa shape index (κ1) is 20.3. The first-order chi connectivity index (χ1) is 14.0. The molecule has 0 bridgehead atoms. The summed E-state index contributed by atoms with van der Waals surface area (Å²) in [5.41, 5.74) is 6.96. The Morgan fingerprint density at radius 2 is 1.90 bits per heavy atom. The van der Waals surface area contributed by atoms with Crippen LogP contribution in [0.3, 0.4) is 0 Å². The highest BCUT2D eigenvalue weighted by atomic mass is 16.4. The van der Waals surface area contributed by atoms with E-state index in [1.165, 1.54) is 42.5 Å². The Bertz CT molecular complexity index is 855. The van der Waals surface area contributed by atoms with Gasteiger partial charge in [0.1, 0.15) is 0 Å².